The lowest BCUT2D eigenvalue weighted by atomic mass is 10.2. The van der Waals surface area contributed by atoms with E-state index in [0.29, 0.717) is 13.1 Å². The van der Waals surface area contributed by atoms with Crippen LogP contribution in [0.3, 0.4) is 0 Å². The number of rotatable bonds is 7. The number of nitrogens with one attached hydrogen (secondary N) is 1. The molecule has 1 fully saturated rings. The molecular weight excluding hydrogens is 447 g/mol. The molecule has 1 aromatic heterocycles. The maximum Gasteiger partial charge on any atom is 0.573 e. The van der Waals surface area contributed by atoms with Gasteiger partial charge in [0.15, 0.2) is 4.90 Å². The highest BCUT2D eigenvalue weighted by molar-refractivity contribution is 7.89. The van der Waals surface area contributed by atoms with E-state index >= 15 is 0 Å². The summed E-state index contributed by atoms with van der Waals surface area (Å²) in [6.45, 7) is 2.22. The van der Waals surface area contributed by atoms with Gasteiger partial charge in [0.1, 0.15) is 10.8 Å². The highest BCUT2D eigenvalue weighted by Gasteiger charge is 2.32. The van der Waals surface area contributed by atoms with Crippen LogP contribution in [0.2, 0.25) is 0 Å². The zero-order valence-corrected chi connectivity index (χ0v) is 18.0. The molecule has 0 aliphatic carbocycles. The van der Waals surface area contributed by atoms with Crippen LogP contribution in [0, 0.1) is 0 Å². The van der Waals surface area contributed by atoms with Crippen molar-refractivity contribution in [2.45, 2.75) is 30.3 Å². The van der Waals surface area contributed by atoms with Gasteiger partial charge in [-0.1, -0.05) is 36.4 Å². The van der Waals surface area contributed by atoms with Crippen LogP contribution in [-0.2, 0) is 17.9 Å². The quantitative estimate of drug-likeness (QED) is 0.515. The maximum atomic E-state index is 12.6. The molecule has 5 nitrogen and oxygen atoms in total. The minimum atomic E-state index is -4.78. The van der Waals surface area contributed by atoms with E-state index in [9.17, 15) is 17.7 Å². The average Bonchev–Trinajstić information content (AvgIpc) is 3.37. The van der Waals surface area contributed by atoms with Gasteiger partial charge >= 0.3 is 6.36 Å². The summed E-state index contributed by atoms with van der Waals surface area (Å²) in [7, 11) is 0. The summed E-state index contributed by atoms with van der Waals surface area (Å²) in [4.78, 5) is 7.18. The first-order chi connectivity index (χ1) is 14.9. The number of alkyl halides is 3. The largest absolute Gasteiger partial charge is 0.593 e. The van der Waals surface area contributed by atoms with Crippen LogP contribution >= 0.6 is 11.3 Å². The Morgan fingerprint density at radius 2 is 2.00 bits per heavy atom. The van der Waals surface area contributed by atoms with E-state index in [1.54, 1.807) is 11.3 Å². The van der Waals surface area contributed by atoms with Crippen molar-refractivity contribution in [1.29, 1.82) is 0 Å². The Morgan fingerprint density at radius 3 is 2.77 bits per heavy atom. The standard InChI is InChI=1S/C21H20F3N3O2S2/c22-21(23,24)29-17-7-4-8-18(11-17)31(28)26-16-9-10-27(12-16)13-20-25-19(14-30-20)15-5-2-1-3-6-15/h1-8,11,14,16,26H,9-10,12-13H2/t16-,31?/m1/s1. The molecule has 2 atom stereocenters. The van der Waals surface area contributed by atoms with Gasteiger partial charge in [0.05, 0.1) is 29.6 Å². The fraction of sp³-hybridized carbons (Fsp3) is 0.286. The van der Waals surface area contributed by atoms with E-state index in [0.717, 1.165) is 35.3 Å². The second kappa shape index (κ2) is 9.58. The number of benzene rings is 2. The van der Waals surface area contributed by atoms with Crippen LogP contribution in [0.5, 0.6) is 5.75 Å². The number of nitrogens with zero attached hydrogens (tertiary/aromatic N) is 2. The Hall–Kier alpha value is -2.11. The highest BCUT2D eigenvalue weighted by atomic mass is 32.2. The molecule has 1 N–H and O–H groups in total. The molecule has 1 aliphatic rings. The minimum absolute atomic E-state index is 0.0263. The van der Waals surface area contributed by atoms with Crippen LogP contribution < -0.4 is 9.46 Å². The number of hydrogen-bond donors (Lipinski definition) is 1. The summed E-state index contributed by atoms with van der Waals surface area (Å²) in [6, 6.07) is 15.2. The van der Waals surface area contributed by atoms with Gasteiger partial charge in [-0.25, -0.2) is 4.98 Å². The summed E-state index contributed by atoms with van der Waals surface area (Å²) in [5.41, 5.74) is 2.04. The monoisotopic (exact) mass is 467 g/mol. The smallest absolute Gasteiger partial charge is 0.573 e. The van der Waals surface area contributed by atoms with Gasteiger partial charge in [-0.05, 0) is 18.6 Å². The molecule has 0 amide bonds. The molecule has 1 unspecified atom stereocenters. The number of hydrogen-bond acceptors (Lipinski definition) is 6. The van der Waals surface area contributed by atoms with Gasteiger partial charge in [0.2, 0.25) is 0 Å². The molecule has 3 aromatic rings. The van der Waals surface area contributed by atoms with Crippen molar-refractivity contribution in [3.05, 3.63) is 65.0 Å². The number of likely N-dealkylation sites (tertiary alicyclic amines) is 1. The van der Waals surface area contributed by atoms with E-state index in [2.05, 4.69) is 14.4 Å². The van der Waals surface area contributed by atoms with E-state index < -0.39 is 17.7 Å². The second-order valence-electron chi connectivity index (χ2n) is 7.12. The van der Waals surface area contributed by atoms with Crippen molar-refractivity contribution in [3.8, 4) is 17.0 Å². The Kier molecular flexibility index (Phi) is 6.83. The lowest BCUT2D eigenvalue weighted by Crippen LogP contribution is -2.37. The van der Waals surface area contributed by atoms with Crippen LogP contribution in [0.1, 0.15) is 11.4 Å². The molecule has 164 valence electrons. The fourth-order valence-corrected chi connectivity index (χ4v) is 5.30. The van der Waals surface area contributed by atoms with Crippen molar-refractivity contribution in [2.24, 2.45) is 0 Å². The molecule has 1 aliphatic heterocycles. The summed E-state index contributed by atoms with van der Waals surface area (Å²) in [5.74, 6) is -0.383. The van der Waals surface area contributed by atoms with Crippen molar-refractivity contribution in [1.82, 2.24) is 14.6 Å². The third kappa shape index (κ3) is 6.20. The van der Waals surface area contributed by atoms with Crippen molar-refractivity contribution in [2.75, 3.05) is 13.1 Å². The first-order valence-corrected chi connectivity index (χ1v) is 11.6. The van der Waals surface area contributed by atoms with Crippen LogP contribution in [-0.4, -0.2) is 39.9 Å². The summed E-state index contributed by atoms with van der Waals surface area (Å²) in [6.07, 6.45) is -3.99. The molecule has 4 rings (SSSR count). The fourth-order valence-electron chi connectivity index (χ4n) is 3.39. The molecular formula is C21H20F3N3O2S2. The molecule has 10 heteroatoms. The lowest BCUT2D eigenvalue weighted by Gasteiger charge is -2.17. The lowest BCUT2D eigenvalue weighted by molar-refractivity contribution is -0.274. The van der Waals surface area contributed by atoms with Gasteiger partial charge in [-0.15, -0.1) is 29.2 Å². The zero-order chi connectivity index (χ0) is 21.8. The van der Waals surface area contributed by atoms with Gasteiger partial charge in [0, 0.05) is 30.1 Å². The van der Waals surface area contributed by atoms with Crippen molar-refractivity contribution >= 4 is 22.7 Å². The maximum absolute atomic E-state index is 12.6. The number of aromatic nitrogens is 1. The predicted octanol–water partition coefficient (Wildman–Crippen LogP) is 4.60. The number of halogens is 3. The van der Waals surface area contributed by atoms with Gasteiger partial charge in [0.25, 0.3) is 0 Å². The van der Waals surface area contributed by atoms with Gasteiger partial charge in [-0.3, -0.25) is 4.90 Å². The van der Waals surface area contributed by atoms with Crippen LogP contribution in [0.15, 0.2) is 64.9 Å². The average molecular weight is 468 g/mol. The van der Waals surface area contributed by atoms with Crippen LogP contribution in [0.4, 0.5) is 13.2 Å². The third-order valence-corrected chi connectivity index (χ3v) is 6.84. The molecule has 0 saturated carbocycles. The van der Waals surface area contributed by atoms with Crippen molar-refractivity contribution in [3.63, 3.8) is 0 Å². The summed E-state index contributed by atoms with van der Waals surface area (Å²) < 4.78 is 56.7. The van der Waals surface area contributed by atoms with E-state index in [-0.39, 0.29) is 16.7 Å². The summed E-state index contributed by atoms with van der Waals surface area (Å²) in [5, 5.41) is 3.05. The molecule has 0 bridgehead atoms. The van der Waals surface area contributed by atoms with Crippen molar-refractivity contribution < 1.29 is 22.5 Å². The zero-order valence-electron chi connectivity index (χ0n) is 16.3. The van der Waals surface area contributed by atoms with Crippen LogP contribution in [0.25, 0.3) is 11.3 Å². The molecule has 1 saturated heterocycles. The Bertz CT molecular complexity index is 1000. The predicted molar refractivity (Wildman–Crippen MR) is 114 cm³/mol. The topological polar surface area (TPSA) is 60.5 Å². The molecule has 2 aromatic carbocycles. The minimum Gasteiger partial charge on any atom is -0.593 e. The van der Waals surface area contributed by atoms with Gasteiger partial charge in [-0.2, -0.15) is 0 Å². The van der Waals surface area contributed by atoms with E-state index in [1.807, 2.05) is 35.7 Å². The molecule has 0 spiro atoms. The molecule has 31 heavy (non-hydrogen) atoms. The van der Waals surface area contributed by atoms with E-state index in [1.165, 1.54) is 18.2 Å². The normalized spacial score (nSPS) is 18.3. The number of thiazole rings is 1. The molecule has 2 heterocycles. The first-order valence-electron chi connectivity index (χ1n) is 9.62. The first kappa shape index (κ1) is 22.1. The van der Waals surface area contributed by atoms with Gasteiger partial charge < -0.3 is 9.29 Å². The summed E-state index contributed by atoms with van der Waals surface area (Å²) >= 11 is -0.0209. The Morgan fingerprint density at radius 1 is 1.19 bits per heavy atom. The SMILES string of the molecule is [O-][S+](N[C@@H]1CCN(Cc2nc(-c3ccccc3)cs2)C1)c1cccc(OC(F)(F)F)c1. The second-order valence-corrected chi connectivity index (χ2v) is 9.31. The van der Waals surface area contributed by atoms with E-state index in [4.69, 9.17) is 4.98 Å². The molecule has 0 radical (unpaired) electrons. The Balaban J connectivity index is 1.30. The number of ether oxygens (including phenoxy) is 1. The highest BCUT2D eigenvalue weighted by Crippen LogP contribution is 2.26. The Labute approximate surface area is 185 Å². The third-order valence-electron chi connectivity index (χ3n) is 4.78.